The van der Waals surface area contributed by atoms with E-state index in [1.165, 1.54) is 0 Å². The number of piperidine rings is 1. The maximum absolute atomic E-state index is 12.0. The zero-order valence-electron chi connectivity index (χ0n) is 11.5. The van der Waals surface area contributed by atoms with Crippen LogP contribution in [0.5, 0.6) is 0 Å². The average molecular weight is 257 g/mol. The predicted molar refractivity (Wildman–Crippen MR) is 67.2 cm³/mol. The van der Waals surface area contributed by atoms with Gasteiger partial charge in [-0.05, 0) is 26.7 Å². The van der Waals surface area contributed by atoms with Crippen LogP contribution >= 0.6 is 0 Å². The molecule has 5 nitrogen and oxygen atoms in total. The molecule has 1 amide bonds. The summed E-state index contributed by atoms with van der Waals surface area (Å²) in [6.45, 7) is 8.50. The SMILES string of the molecule is CCOC(C)CN1C(=O)CC(C)C(C(=O)O)C1C. The highest BCUT2D eigenvalue weighted by Gasteiger charge is 2.41. The number of nitrogens with zero attached hydrogens (tertiary/aromatic N) is 1. The van der Waals surface area contributed by atoms with Crippen molar-refractivity contribution in [2.24, 2.45) is 11.8 Å². The fourth-order valence-electron chi connectivity index (χ4n) is 2.75. The number of likely N-dealkylation sites (tertiary alicyclic amines) is 1. The summed E-state index contributed by atoms with van der Waals surface area (Å²) in [6.07, 6.45) is 0.240. The van der Waals surface area contributed by atoms with E-state index in [4.69, 9.17) is 4.74 Å². The van der Waals surface area contributed by atoms with Gasteiger partial charge < -0.3 is 14.7 Å². The number of carboxylic acids is 1. The molecule has 5 heteroatoms. The Balaban J connectivity index is 2.77. The van der Waals surface area contributed by atoms with Crippen LogP contribution in [0.1, 0.15) is 34.1 Å². The normalized spacial score (nSPS) is 30.3. The number of hydrogen-bond acceptors (Lipinski definition) is 3. The molecule has 1 heterocycles. The number of amides is 1. The molecule has 0 aromatic heterocycles. The first kappa shape index (κ1) is 15.0. The summed E-state index contributed by atoms with van der Waals surface area (Å²) in [6, 6.07) is -0.276. The van der Waals surface area contributed by atoms with E-state index in [0.717, 1.165) is 0 Å². The monoisotopic (exact) mass is 257 g/mol. The number of aliphatic carboxylic acids is 1. The van der Waals surface area contributed by atoms with Gasteiger partial charge in [0.15, 0.2) is 0 Å². The van der Waals surface area contributed by atoms with Gasteiger partial charge in [0.2, 0.25) is 5.91 Å². The molecule has 1 aliphatic rings. The van der Waals surface area contributed by atoms with E-state index >= 15 is 0 Å². The minimum Gasteiger partial charge on any atom is -0.481 e. The van der Waals surface area contributed by atoms with E-state index < -0.39 is 11.9 Å². The van der Waals surface area contributed by atoms with E-state index in [1.807, 2.05) is 27.7 Å². The number of ether oxygens (including phenoxy) is 1. The van der Waals surface area contributed by atoms with Gasteiger partial charge in [-0.15, -0.1) is 0 Å². The molecule has 0 aliphatic carbocycles. The lowest BCUT2D eigenvalue weighted by atomic mass is 9.81. The van der Waals surface area contributed by atoms with Gasteiger partial charge in [0.25, 0.3) is 0 Å². The summed E-state index contributed by atoms with van der Waals surface area (Å²) < 4.78 is 5.42. The molecule has 104 valence electrons. The van der Waals surface area contributed by atoms with E-state index in [2.05, 4.69) is 0 Å². The Morgan fingerprint density at radius 2 is 2.17 bits per heavy atom. The number of rotatable bonds is 5. The minimum atomic E-state index is -0.823. The van der Waals surface area contributed by atoms with Crippen molar-refractivity contribution >= 4 is 11.9 Å². The van der Waals surface area contributed by atoms with Crippen LogP contribution < -0.4 is 0 Å². The summed E-state index contributed by atoms with van der Waals surface area (Å²) in [5.74, 6) is -1.39. The van der Waals surface area contributed by atoms with Crippen molar-refractivity contribution in [1.29, 1.82) is 0 Å². The molecule has 1 saturated heterocycles. The molecule has 4 atom stereocenters. The van der Waals surface area contributed by atoms with E-state index in [9.17, 15) is 14.7 Å². The van der Waals surface area contributed by atoms with Crippen molar-refractivity contribution < 1.29 is 19.4 Å². The third-order valence-corrected chi connectivity index (χ3v) is 3.63. The van der Waals surface area contributed by atoms with Crippen molar-refractivity contribution in [3.05, 3.63) is 0 Å². The van der Waals surface area contributed by atoms with Crippen molar-refractivity contribution in [2.45, 2.75) is 46.3 Å². The van der Waals surface area contributed by atoms with Crippen molar-refractivity contribution in [3.8, 4) is 0 Å². The van der Waals surface area contributed by atoms with E-state index in [-0.39, 0.29) is 24.0 Å². The highest BCUT2D eigenvalue weighted by atomic mass is 16.5. The standard InChI is InChI=1S/C13H23NO4/c1-5-18-9(3)7-14-10(4)12(13(16)17)8(2)6-11(14)15/h8-10,12H,5-7H2,1-4H3,(H,16,17). The lowest BCUT2D eigenvalue weighted by Crippen LogP contribution is -2.54. The zero-order valence-corrected chi connectivity index (χ0v) is 11.5. The minimum absolute atomic E-state index is 0.0269. The maximum Gasteiger partial charge on any atom is 0.308 e. The van der Waals surface area contributed by atoms with Crippen molar-refractivity contribution in [3.63, 3.8) is 0 Å². The van der Waals surface area contributed by atoms with Gasteiger partial charge in [0.1, 0.15) is 0 Å². The number of carbonyl (C=O) groups is 2. The number of carbonyl (C=O) groups excluding carboxylic acids is 1. The van der Waals surface area contributed by atoms with Crippen LogP contribution in [0, 0.1) is 11.8 Å². The Morgan fingerprint density at radius 1 is 1.56 bits per heavy atom. The fourth-order valence-corrected chi connectivity index (χ4v) is 2.75. The molecule has 0 bridgehead atoms. The molecular formula is C13H23NO4. The summed E-state index contributed by atoms with van der Waals surface area (Å²) in [4.78, 5) is 24.9. The van der Waals surface area contributed by atoms with Crippen LogP contribution in [0.15, 0.2) is 0 Å². The molecule has 4 unspecified atom stereocenters. The first-order valence-corrected chi connectivity index (χ1v) is 6.52. The highest BCUT2D eigenvalue weighted by Crippen LogP contribution is 2.30. The molecule has 1 N–H and O–H groups in total. The molecule has 0 radical (unpaired) electrons. The predicted octanol–water partition coefficient (Wildman–Crippen LogP) is 1.37. The second kappa shape index (κ2) is 6.18. The van der Waals surface area contributed by atoms with E-state index in [0.29, 0.717) is 19.6 Å². The third kappa shape index (κ3) is 3.22. The van der Waals surface area contributed by atoms with Crippen LogP contribution in [-0.2, 0) is 14.3 Å². The summed E-state index contributed by atoms with van der Waals surface area (Å²) >= 11 is 0. The average Bonchev–Trinajstić information content (AvgIpc) is 2.23. The lowest BCUT2D eigenvalue weighted by molar-refractivity contribution is -0.156. The molecule has 0 aromatic rings. The molecule has 0 spiro atoms. The molecule has 1 aliphatic heterocycles. The topological polar surface area (TPSA) is 66.8 Å². The van der Waals surface area contributed by atoms with Gasteiger partial charge in [0, 0.05) is 25.6 Å². The second-order valence-electron chi connectivity index (χ2n) is 5.10. The molecule has 1 rings (SSSR count). The van der Waals surface area contributed by atoms with Gasteiger partial charge in [-0.2, -0.15) is 0 Å². The van der Waals surface area contributed by atoms with Gasteiger partial charge in [-0.1, -0.05) is 6.92 Å². The van der Waals surface area contributed by atoms with Crippen LogP contribution in [0.3, 0.4) is 0 Å². The van der Waals surface area contributed by atoms with Gasteiger partial charge in [-0.25, -0.2) is 0 Å². The molecular weight excluding hydrogens is 234 g/mol. The van der Waals surface area contributed by atoms with Gasteiger partial charge in [0.05, 0.1) is 12.0 Å². The third-order valence-electron chi connectivity index (χ3n) is 3.63. The van der Waals surface area contributed by atoms with Gasteiger partial charge in [-0.3, -0.25) is 9.59 Å². The molecule has 18 heavy (non-hydrogen) atoms. The van der Waals surface area contributed by atoms with E-state index in [1.54, 1.807) is 4.90 Å². The maximum atomic E-state index is 12.0. The zero-order chi connectivity index (χ0) is 13.9. The Labute approximate surface area is 108 Å². The highest BCUT2D eigenvalue weighted by molar-refractivity contribution is 5.81. The fraction of sp³-hybridized carbons (Fsp3) is 0.846. The first-order valence-electron chi connectivity index (χ1n) is 6.52. The Morgan fingerprint density at radius 3 is 2.67 bits per heavy atom. The van der Waals surface area contributed by atoms with Gasteiger partial charge >= 0.3 is 5.97 Å². The molecule has 1 fully saturated rings. The Kier molecular flexibility index (Phi) is 5.14. The first-order chi connectivity index (χ1) is 8.38. The van der Waals surface area contributed by atoms with Crippen molar-refractivity contribution in [2.75, 3.05) is 13.2 Å². The molecule has 0 aromatic carbocycles. The van der Waals surface area contributed by atoms with Crippen molar-refractivity contribution in [1.82, 2.24) is 4.90 Å². The van der Waals surface area contributed by atoms with Crippen LogP contribution in [0.2, 0.25) is 0 Å². The Hall–Kier alpha value is -1.10. The summed E-state index contributed by atoms with van der Waals surface area (Å²) in [5.41, 5.74) is 0. The number of hydrogen-bond donors (Lipinski definition) is 1. The second-order valence-corrected chi connectivity index (χ2v) is 5.10. The lowest BCUT2D eigenvalue weighted by Gasteiger charge is -2.41. The summed E-state index contributed by atoms with van der Waals surface area (Å²) in [5, 5.41) is 9.25. The van der Waals surface area contributed by atoms with Crippen LogP contribution in [0.25, 0.3) is 0 Å². The van der Waals surface area contributed by atoms with Crippen LogP contribution in [-0.4, -0.2) is 47.2 Å². The quantitative estimate of drug-likeness (QED) is 0.807. The Bertz CT molecular complexity index is 318. The van der Waals surface area contributed by atoms with Crippen LogP contribution in [0.4, 0.5) is 0 Å². The number of carboxylic acid groups (broad SMARTS) is 1. The smallest absolute Gasteiger partial charge is 0.308 e. The molecule has 0 saturated carbocycles. The summed E-state index contributed by atoms with van der Waals surface area (Å²) in [7, 11) is 0. The largest absolute Gasteiger partial charge is 0.481 e.